The van der Waals surface area contributed by atoms with E-state index in [0.717, 1.165) is 28.3 Å². The van der Waals surface area contributed by atoms with E-state index in [1.54, 1.807) is 6.26 Å². The van der Waals surface area contributed by atoms with Crippen molar-refractivity contribution in [1.82, 2.24) is 5.32 Å². The van der Waals surface area contributed by atoms with Gasteiger partial charge in [-0.1, -0.05) is 19.1 Å². The number of benzene rings is 1. The lowest BCUT2D eigenvalue weighted by molar-refractivity contribution is 0.154. The summed E-state index contributed by atoms with van der Waals surface area (Å²) in [6, 6.07) is 10.1. The first-order chi connectivity index (χ1) is 9.79. The van der Waals surface area contributed by atoms with E-state index in [4.69, 9.17) is 9.15 Å². The van der Waals surface area contributed by atoms with Crippen LogP contribution in [0.4, 0.5) is 0 Å². The largest absolute Gasteiger partial charge is 0.486 e. The maximum Gasteiger partial charge on any atom is 0.138 e. The van der Waals surface area contributed by atoms with E-state index in [0.29, 0.717) is 0 Å². The summed E-state index contributed by atoms with van der Waals surface area (Å²) in [6.07, 6.45) is 1.76. The van der Waals surface area contributed by atoms with Crippen molar-refractivity contribution in [3.63, 3.8) is 0 Å². The van der Waals surface area contributed by atoms with Gasteiger partial charge in [0.05, 0.1) is 10.7 Å². The second-order valence-electron chi connectivity index (χ2n) is 4.58. The van der Waals surface area contributed by atoms with Crippen LogP contribution in [-0.2, 0) is 0 Å². The smallest absolute Gasteiger partial charge is 0.138 e. The van der Waals surface area contributed by atoms with Gasteiger partial charge in [-0.05, 0) is 40.7 Å². The minimum atomic E-state index is 0.0465. The highest BCUT2D eigenvalue weighted by atomic mass is 79.9. The molecule has 106 valence electrons. The Morgan fingerprint density at radius 3 is 3.00 bits per heavy atom. The molecular weight excluding hydrogens is 338 g/mol. The van der Waals surface area contributed by atoms with Gasteiger partial charge in [-0.2, -0.15) is 0 Å². The Balaban J connectivity index is 1.85. The zero-order valence-electron chi connectivity index (χ0n) is 11.1. The number of thioether (sulfide) groups is 1. The van der Waals surface area contributed by atoms with Gasteiger partial charge in [0.1, 0.15) is 23.7 Å². The van der Waals surface area contributed by atoms with E-state index in [2.05, 4.69) is 34.2 Å². The first kappa shape index (κ1) is 14.0. The average molecular weight is 354 g/mol. The Labute approximate surface area is 131 Å². The third kappa shape index (κ3) is 2.75. The lowest BCUT2D eigenvalue weighted by Crippen LogP contribution is -2.38. The maximum atomic E-state index is 6.16. The van der Waals surface area contributed by atoms with E-state index < -0.39 is 0 Å². The topological polar surface area (TPSA) is 34.4 Å². The fourth-order valence-electron chi connectivity index (χ4n) is 2.34. The van der Waals surface area contributed by atoms with E-state index >= 15 is 0 Å². The summed E-state index contributed by atoms with van der Waals surface area (Å²) < 4.78 is 12.8. The molecule has 0 fully saturated rings. The second kappa shape index (κ2) is 6.24. The summed E-state index contributed by atoms with van der Waals surface area (Å²) >= 11 is 5.37. The number of ether oxygens (including phenoxy) is 1. The van der Waals surface area contributed by atoms with Gasteiger partial charge in [-0.3, -0.25) is 0 Å². The Morgan fingerprint density at radius 2 is 2.25 bits per heavy atom. The van der Waals surface area contributed by atoms with Gasteiger partial charge in [-0.25, -0.2) is 0 Å². The Bertz CT molecular complexity index is 587. The van der Waals surface area contributed by atoms with Crippen molar-refractivity contribution >= 4 is 27.7 Å². The van der Waals surface area contributed by atoms with Crippen molar-refractivity contribution < 1.29 is 9.15 Å². The molecular formula is C15H16BrNO2S. The molecule has 1 N–H and O–H groups in total. The molecule has 1 aliphatic heterocycles. The van der Waals surface area contributed by atoms with E-state index in [9.17, 15) is 0 Å². The van der Waals surface area contributed by atoms with Crippen molar-refractivity contribution in [2.75, 3.05) is 12.3 Å². The van der Waals surface area contributed by atoms with Gasteiger partial charge in [0.2, 0.25) is 0 Å². The van der Waals surface area contributed by atoms with Crippen LogP contribution >= 0.6 is 27.7 Å². The van der Waals surface area contributed by atoms with Crippen LogP contribution in [0.15, 0.2) is 50.4 Å². The summed E-state index contributed by atoms with van der Waals surface area (Å²) in [4.78, 5) is 1.21. The number of halogens is 1. The highest BCUT2D eigenvalue weighted by Gasteiger charge is 2.31. The van der Waals surface area contributed by atoms with Gasteiger partial charge < -0.3 is 14.5 Å². The highest BCUT2D eigenvalue weighted by Crippen LogP contribution is 2.39. The number of nitrogens with one attached hydrogen (secondary N) is 1. The minimum Gasteiger partial charge on any atom is -0.486 e. The average Bonchev–Trinajstić information content (AvgIpc) is 2.90. The zero-order valence-corrected chi connectivity index (χ0v) is 13.5. The van der Waals surface area contributed by atoms with E-state index in [1.165, 1.54) is 4.90 Å². The summed E-state index contributed by atoms with van der Waals surface area (Å²) in [5.74, 6) is 2.76. The molecule has 2 aromatic rings. The van der Waals surface area contributed by atoms with E-state index in [1.807, 2.05) is 36.0 Å². The van der Waals surface area contributed by atoms with E-state index in [-0.39, 0.29) is 12.1 Å². The Morgan fingerprint density at radius 1 is 1.40 bits per heavy atom. The molecule has 0 amide bonds. The van der Waals surface area contributed by atoms with Gasteiger partial charge in [0.15, 0.2) is 0 Å². The SMILES string of the molecule is CCNC(c1occc1Br)C1CSc2ccccc2O1. The molecule has 3 rings (SSSR count). The number of furan rings is 1. The first-order valence-electron chi connectivity index (χ1n) is 6.64. The number of rotatable bonds is 4. The Kier molecular flexibility index (Phi) is 4.38. The zero-order chi connectivity index (χ0) is 13.9. The molecule has 0 bridgehead atoms. The van der Waals surface area contributed by atoms with Gasteiger partial charge >= 0.3 is 0 Å². The highest BCUT2D eigenvalue weighted by molar-refractivity contribution is 9.10. The quantitative estimate of drug-likeness (QED) is 0.890. The van der Waals surface area contributed by atoms with Crippen LogP contribution in [0.3, 0.4) is 0 Å². The lowest BCUT2D eigenvalue weighted by Gasteiger charge is -2.31. The molecule has 1 aliphatic rings. The molecule has 2 unspecified atom stereocenters. The molecule has 0 aliphatic carbocycles. The molecule has 2 heterocycles. The molecule has 2 atom stereocenters. The minimum absolute atomic E-state index is 0.0465. The second-order valence-corrected chi connectivity index (χ2v) is 6.50. The molecule has 0 saturated carbocycles. The predicted molar refractivity (Wildman–Crippen MR) is 84.4 cm³/mol. The normalized spacial score (nSPS) is 19.2. The van der Waals surface area contributed by atoms with Crippen molar-refractivity contribution in [2.24, 2.45) is 0 Å². The molecule has 1 aromatic carbocycles. The summed E-state index contributed by atoms with van der Waals surface area (Å²) in [5, 5.41) is 3.46. The third-order valence-electron chi connectivity index (χ3n) is 3.25. The third-order valence-corrected chi connectivity index (χ3v) is 5.05. The first-order valence-corrected chi connectivity index (χ1v) is 8.42. The van der Waals surface area contributed by atoms with Crippen LogP contribution in [0.2, 0.25) is 0 Å². The van der Waals surface area contributed by atoms with Gasteiger partial charge in [0.25, 0.3) is 0 Å². The molecule has 0 saturated heterocycles. The van der Waals surface area contributed by atoms with Crippen molar-refractivity contribution in [3.05, 3.63) is 46.8 Å². The molecule has 5 heteroatoms. The number of para-hydroxylation sites is 1. The molecule has 20 heavy (non-hydrogen) atoms. The summed E-state index contributed by atoms with van der Waals surface area (Å²) in [7, 11) is 0. The lowest BCUT2D eigenvalue weighted by atomic mass is 10.1. The molecule has 0 radical (unpaired) electrons. The summed E-state index contributed by atoms with van der Waals surface area (Å²) in [6.45, 7) is 2.96. The number of hydrogen-bond donors (Lipinski definition) is 1. The fraction of sp³-hybridized carbons (Fsp3) is 0.333. The van der Waals surface area contributed by atoms with Gasteiger partial charge in [-0.15, -0.1) is 11.8 Å². The van der Waals surface area contributed by atoms with Crippen LogP contribution in [0.1, 0.15) is 18.7 Å². The number of hydrogen-bond acceptors (Lipinski definition) is 4. The molecule has 1 aromatic heterocycles. The van der Waals surface area contributed by atoms with Crippen LogP contribution < -0.4 is 10.1 Å². The molecule has 0 spiro atoms. The maximum absolute atomic E-state index is 6.16. The van der Waals surface area contributed by atoms with Crippen LogP contribution in [0.25, 0.3) is 0 Å². The Hall–Kier alpha value is -0.910. The number of likely N-dealkylation sites (N-methyl/N-ethyl adjacent to an activating group) is 1. The van der Waals surface area contributed by atoms with Crippen molar-refractivity contribution in [2.45, 2.75) is 24.0 Å². The predicted octanol–water partition coefficient (Wildman–Crippen LogP) is 4.25. The fourth-order valence-corrected chi connectivity index (χ4v) is 3.83. The van der Waals surface area contributed by atoms with Crippen molar-refractivity contribution in [1.29, 1.82) is 0 Å². The summed E-state index contributed by atoms with van der Waals surface area (Å²) in [5.41, 5.74) is 0. The standard InChI is InChI=1S/C15H16BrNO2S/c1-2-17-14(15-10(16)7-8-18-15)12-9-20-13-6-4-3-5-11(13)19-12/h3-8,12,14,17H,2,9H2,1H3. The monoisotopic (exact) mass is 353 g/mol. The van der Waals surface area contributed by atoms with Crippen LogP contribution in [-0.4, -0.2) is 18.4 Å². The van der Waals surface area contributed by atoms with Crippen LogP contribution in [0.5, 0.6) is 5.75 Å². The van der Waals surface area contributed by atoms with Crippen LogP contribution in [0, 0.1) is 0 Å². The van der Waals surface area contributed by atoms with Crippen molar-refractivity contribution in [3.8, 4) is 5.75 Å². The van der Waals surface area contributed by atoms with Gasteiger partial charge in [0, 0.05) is 10.6 Å². The number of fused-ring (bicyclic) bond motifs is 1. The molecule has 3 nitrogen and oxygen atoms in total.